The zero-order chi connectivity index (χ0) is 12.4. The second kappa shape index (κ2) is 4.94. The number of ether oxygens (including phenoxy) is 1. The predicted octanol–water partition coefficient (Wildman–Crippen LogP) is 2.74. The van der Waals surface area contributed by atoms with E-state index in [1.54, 1.807) is 0 Å². The van der Waals surface area contributed by atoms with Gasteiger partial charge in [0.25, 0.3) is 0 Å². The van der Waals surface area contributed by atoms with Crippen molar-refractivity contribution in [2.75, 3.05) is 13.7 Å². The predicted molar refractivity (Wildman–Crippen MR) is 72.7 cm³/mol. The molecule has 0 amide bonds. The zero-order valence-corrected chi connectivity index (χ0v) is 10.6. The lowest BCUT2D eigenvalue weighted by atomic mass is 10.1. The Labute approximate surface area is 107 Å². The third kappa shape index (κ3) is 2.46. The Morgan fingerprint density at radius 3 is 2.94 bits per heavy atom. The minimum absolute atomic E-state index is 0.755. The van der Waals surface area contributed by atoms with E-state index in [2.05, 4.69) is 22.4 Å². The maximum absolute atomic E-state index is 5.79. The van der Waals surface area contributed by atoms with Gasteiger partial charge in [-0.2, -0.15) is 0 Å². The highest BCUT2D eigenvalue weighted by Crippen LogP contribution is 2.30. The summed E-state index contributed by atoms with van der Waals surface area (Å²) in [6, 6.07) is 10.3. The topological polar surface area (TPSA) is 34.1 Å². The smallest absolute Gasteiger partial charge is 0.214 e. The highest BCUT2D eigenvalue weighted by molar-refractivity contribution is 5.82. The molecular formula is C15H18N2O. The molecule has 0 atom stereocenters. The van der Waals surface area contributed by atoms with Crippen LogP contribution in [0.25, 0.3) is 10.9 Å². The van der Waals surface area contributed by atoms with Crippen LogP contribution in [-0.4, -0.2) is 18.6 Å². The van der Waals surface area contributed by atoms with Gasteiger partial charge in [-0.1, -0.05) is 18.2 Å². The highest BCUT2D eigenvalue weighted by Gasteiger charge is 2.22. The number of para-hydroxylation sites is 1. The molecule has 3 nitrogen and oxygen atoms in total. The Morgan fingerprint density at radius 1 is 1.33 bits per heavy atom. The van der Waals surface area contributed by atoms with Gasteiger partial charge in [0.15, 0.2) is 0 Å². The fourth-order valence-electron chi connectivity index (χ4n) is 2.12. The second-order valence-electron chi connectivity index (χ2n) is 4.92. The van der Waals surface area contributed by atoms with Gasteiger partial charge in [-0.05, 0) is 37.4 Å². The van der Waals surface area contributed by atoms with E-state index in [1.807, 2.05) is 25.2 Å². The monoisotopic (exact) mass is 242 g/mol. The standard InChI is InChI=1S/C15H18N2O/c1-16-9-12-8-15(18-10-11-6-7-11)17-14-5-3-2-4-13(12)14/h2-5,8,11,16H,6-7,9-10H2,1H3. The molecule has 0 spiro atoms. The molecule has 1 aliphatic rings. The molecule has 18 heavy (non-hydrogen) atoms. The van der Waals surface area contributed by atoms with E-state index in [1.165, 1.54) is 23.8 Å². The van der Waals surface area contributed by atoms with E-state index in [9.17, 15) is 0 Å². The fourth-order valence-corrected chi connectivity index (χ4v) is 2.12. The second-order valence-corrected chi connectivity index (χ2v) is 4.92. The number of benzene rings is 1. The molecule has 3 heteroatoms. The van der Waals surface area contributed by atoms with Crippen molar-refractivity contribution in [3.05, 3.63) is 35.9 Å². The number of hydrogen-bond donors (Lipinski definition) is 1. The summed E-state index contributed by atoms with van der Waals surface area (Å²) >= 11 is 0. The van der Waals surface area contributed by atoms with Crippen molar-refractivity contribution in [3.63, 3.8) is 0 Å². The Balaban J connectivity index is 1.93. The Morgan fingerprint density at radius 2 is 2.17 bits per heavy atom. The number of rotatable bonds is 5. The van der Waals surface area contributed by atoms with E-state index < -0.39 is 0 Å². The summed E-state index contributed by atoms with van der Waals surface area (Å²) in [5, 5.41) is 4.40. The molecule has 0 bridgehead atoms. The molecule has 1 heterocycles. The van der Waals surface area contributed by atoms with E-state index in [4.69, 9.17) is 4.74 Å². The van der Waals surface area contributed by atoms with Crippen molar-refractivity contribution >= 4 is 10.9 Å². The molecule has 94 valence electrons. The maximum atomic E-state index is 5.79. The summed E-state index contributed by atoms with van der Waals surface area (Å²) in [5.41, 5.74) is 2.25. The molecule has 0 radical (unpaired) electrons. The molecule has 0 saturated heterocycles. The van der Waals surface area contributed by atoms with Crippen LogP contribution in [-0.2, 0) is 6.54 Å². The Hall–Kier alpha value is -1.61. The summed E-state index contributed by atoms with van der Waals surface area (Å²) < 4.78 is 5.79. The van der Waals surface area contributed by atoms with Gasteiger partial charge < -0.3 is 10.1 Å². The summed E-state index contributed by atoms with van der Waals surface area (Å²) in [6.07, 6.45) is 2.61. The van der Waals surface area contributed by atoms with E-state index in [0.717, 1.165) is 30.5 Å². The normalized spacial score (nSPS) is 14.9. The van der Waals surface area contributed by atoms with Crippen molar-refractivity contribution in [2.45, 2.75) is 19.4 Å². The van der Waals surface area contributed by atoms with Gasteiger partial charge in [-0.25, -0.2) is 4.98 Å². The first-order valence-electron chi connectivity index (χ1n) is 6.53. The lowest BCUT2D eigenvalue weighted by molar-refractivity contribution is 0.289. The molecule has 1 aromatic carbocycles. The van der Waals surface area contributed by atoms with Gasteiger partial charge in [0.1, 0.15) is 0 Å². The lowest BCUT2D eigenvalue weighted by Crippen LogP contribution is -2.07. The van der Waals surface area contributed by atoms with Crippen LogP contribution in [0.4, 0.5) is 0 Å². The van der Waals surface area contributed by atoms with Crippen LogP contribution in [0.15, 0.2) is 30.3 Å². The molecule has 2 aromatic rings. The number of hydrogen-bond acceptors (Lipinski definition) is 3. The van der Waals surface area contributed by atoms with Crippen LogP contribution in [0.1, 0.15) is 18.4 Å². The first kappa shape index (κ1) is 11.5. The summed E-state index contributed by atoms with van der Waals surface area (Å²) in [4.78, 5) is 4.57. The Kier molecular flexibility index (Phi) is 3.15. The zero-order valence-electron chi connectivity index (χ0n) is 10.6. The molecule has 1 fully saturated rings. The number of nitrogens with one attached hydrogen (secondary N) is 1. The number of pyridine rings is 1. The first-order valence-corrected chi connectivity index (χ1v) is 6.53. The van der Waals surface area contributed by atoms with Crippen molar-refractivity contribution < 1.29 is 4.74 Å². The van der Waals surface area contributed by atoms with Crippen LogP contribution in [0.5, 0.6) is 5.88 Å². The number of nitrogens with zero attached hydrogens (tertiary/aromatic N) is 1. The van der Waals surface area contributed by atoms with Gasteiger partial charge in [0.2, 0.25) is 5.88 Å². The average Bonchev–Trinajstić information content (AvgIpc) is 3.21. The van der Waals surface area contributed by atoms with Crippen LogP contribution < -0.4 is 10.1 Å². The van der Waals surface area contributed by atoms with Gasteiger partial charge >= 0.3 is 0 Å². The van der Waals surface area contributed by atoms with Crippen LogP contribution in [0.3, 0.4) is 0 Å². The average molecular weight is 242 g/mol. The number of aromatic nitrogens is 1. The molecule has 0 unspecified atom stereocenters. The van der Waals surface area contributed by atoms with Gasteiger partial charge in [0, 0.05) is 18.0 Å². The number of fused-ring (bicyclic) bond motifs is 1. The van der Waals surface area contributed by atoms with Crippen molar-refractivity contribution in [2.24, 2.45) is 5.92 Å². The van der Waals surface area contributed by atoms with E-state index in [0.29, 0.717) is 0 Å². The summed E-state index contributed by atoms with van der Waals surface area (Å²) in [6.45, 7) is 1.65. The highest BCUT2D eigenvalue weighted by atomic mass is 16.5. The third-order valence-corrected chi connectivity index (χ3v) is 3.31. The molecule has 1 saturated carbocycles. The van der Waals surface area contributed by atoms with Gasteiger partial charge in [-0.3, -0.25) is 0 Å². The minimum Gasteiger partial charge on any atom is -0.477 e. The van der Waals surface area contributed by atoms with Crippen LogP contribution in [0, 0.1) is 5.92 Å². The Bertz CT molecular complexity index is 549. The molecule has 1 aliphatic carbocycles. The molecular weight excluding hydrogens is 224 g/mol. The maximum Gasteiger partial charge on any atom is 0.214 e. The first-order chi connectivity index (χ1) is 8.86. The third-order valence-electron chi connectivity index (χ3n) is 3.31. The van der Waals surface area contributed by atoms with Crippen LogP contribution >= 0.6 is 0 Å². The van der Waals surface area contributed by atoms with Crippen molar-refractivity contribution in [1.82, 2.24) is 10.3 Å². The van der Waals surface area contributed by atoms with Crippen molar-refractivity contribution in [3.8, 4) is 5.88 Å². The lowest BCUT2D eigenvalue weighted by Gasteiger charge is -2.10. The fraction of sp³-hybridized carbons (Fsp3) is 0.400. The molecule has 1 aromatic heterocycles. The quantitative estimate of drug-likeness (QED) is 0.875. The molecule has 0 aliphatic heterocycles. The van der Waals surface area contributed by atoms with E-state index >= 15 is 0 Å². The van der Waals surface area contributed by atoms with Gasteiger partial charge in [-0.15, -0.1) is 0 Å². The SMILES string of the molecule is CNCc1cc(OCC2CC2)nc2ccccc12. The summed E-state index contributed by atoms with van der Waals surface area (Å²) in [5.74, 6) is 1.51. The molecule has 1 N–H and O–H groups in total. The molecule has 3 rings (SSSR count). The van der Waals surface area contributed by atoms with Crippen LogP contribution in [0.2, 0.25) is 0 Å². The van der Waals surface area contributed by atoms with E-state index in [-0.39, 0.29) is 0 Å². The van der Waals surface area contributed by atoms with Crippen molar-refractivity contribution in [1.29, 1.82) is 0 Å². The largest absolute Gasteiger partial charge is 0.477 e. The summed E-state index contributed by atoms with van der Waals surface area (Å²) in [7, 11) is 1.96. The minimum atomic E-state index is 0.755. The van der Waals surface area contributed by atoms with Gasteiger partial charge in [0.05, 0.1) is 12.1 Å².